The summed E-state index contributed by atoms with van der Waals surface area (Å²) in [5.41, 5.74) is 2.59. The monoisotopic (exact) mass is 185 g/mol. The average molecular weight is 185 g/mol. The summed E-state index contributed by atoms with van der Waals surface area (Å²) in [5, 5.41) is 2.68. The quantitative estimate of drug-likeness (QED) is 0.658. The van der Waals surface area contributed by atoms with E-state index in [4.69, 9.17) is 7.49 Å². The number of carbonyl (C=O) groups is 1. The minimum absolute atomic E-state index is 0.204. The van der Waals surface area contributed by atoms with E-state index in [0.29, 0.717) is 11.6 Å². The van der Waals surface area contributed by atoms with Gasteiger partial charge in [0.05, 0.1) is 0 Å². The molecule has 1 radical (unpaired) electrons. The van der Waals surface area contributed by atoms with Crippen molar-refractivity contribution in [1.82, 2.24) is 4.98 Å². The van der Waals surface area contributed by atoms with E-state index in [1.54, 1.807) is 6.20 Å². The zero-order chi connectivity index (χ0) is 10.3. The van der Waals surface area contributed by atoms with Crippen LogP contribution in [0.2, 0.25) is 0 Å². The molecule has 1 aliphatic heterocycles. The minimum atomic E-state index is -0.256. The van der Waals surface area contributed by atoms with Crippen LogP contribution < -0.4 is 5.32 Å². The van der Waals surface area contributed by atoms with Crippen LogP contribution in [0.3, 0.4) is 0 Å². The van der Waals surface area contributed by atoms with Crippen LogP contribution in [-0.4, -0.2) is 23.8 Å². The van der Waals surface area contributed by atoms with Crippen LogP contribution in [0.1, 0.15) is 31.0 Å². The summed E-state index contributed by atoms with van der Waals surface area (Å²) in [6.07, 6.45) is 1.76. The second-order valence-corrected chi connectivity index (χ2v) is 3.69. The van der Waals surface area contributed by atoms with Crippen LogP contribution in [0.5, 0.6) is 0 Å². The number of amides is 1. The average Bonchev–Trinajstić information content (AvgIpc) is 2.42. The Morgan fingerprint density at radius 3 is 2.86 bits per heavy atom. The predicted octanol–water partition coefficient (Wildman–Crippen LogP) is 0.846. The number of nitrogens with one attached hydrogen (secondary N) is 1. The van der Waals surface area contributed by atoms with Gasteiger partial charge in [-0.25, -0.2) is 0 Å². The standard InChI is InChI=1S/C10H10BN2O/c1-5(2)6-3-7-9(12-4-6)8(11)10(14)13-7/h3-5H,1-2H3,(H,13,14). The molecule has 1 aromatic heterocycles. The number of hydrogen-bond acceptors (Lipinski definition) is 2. The molecular formula is C10H10BN2O. The van der Waals surface area contributed by atoms with E-state index in [1.807, 2.05) is 6.07 Å². The molecule has 69 valence electrons. The first-order valence-corrected chi connectivity index (χ1v) is 4.53. The van der Waals surface area contributed by atoms with E-state index in [-0.39, 0.29) is 11.4 Å². The molecule has 0 saturated heterocycles. The van der Waals surface area contributed by atoms with Gasteiger partial charge in [-0.15, -0.1) is 0 Å². The fourth-order valence-corrected chi connectivity index (χ4v) is 1.40. The Morgan fingerprint density at radius 1 is 1.50 bits per heavy atom. The van der Waals surface area contributed by atoms with Gasteiger partial charge in [-0.3, -0.25) is 0 Å². The molecule has 2 heterocycles. The Hall–Kier alpha value is -1.45. The van der Waals surface area contributed by atoms with Gasteiger partial charge in [0.15, 0.2) is 0 Å². The van der Waals surface area contributed by atoms with E-state index >= 15 is 0 Å². The SMILES string of the molecule is [B]=C1C(=O)Nc2cc(C(C)C)cnc21. The Labute approximate surface area is 83.6 Å². The second kappa shape index (κ2) is 3.05. The van der Waals surface area contributed by atoms with Crippen molar-refractivity contribution >= 4 is 24.5 Å². The Morgan fingerprint density at radius 2 is 2.21 bits per heavy atom. The van der Waals surface area contributed by atoms with Crippen LogP contribution in [0.15, 0.2) is 12.3 Å². The molecule has 0 unspecified atom stereocenters. The zero-order valence-corrected chi connectivity index (χ0v) is 8.16. The summed E-state index contributed by atoms with van der Waals surface area (Å²) in [7, 11) is 5.56. The molecule has 2 rings (SSSR count). The third kappa shape index (κ3) is 1.27. The van der Waals surface area contributed by atoms with Crippen molar-refractivity contribution in [2.75, 3.05) is 5.32 Å². The molecule has 1 amide bonds. The number of pyridine rings is 1. The topological polar surface area (TPSA) is 42.0 Å². The molecule has 0 saturated carbocycles. The van der Waals surface area contributed by atoms with Crippen molar-refractivity contribution in [1.29, 1.82) is 0 Å². The summed E-state index contributed by atoms with van der Waals surface area (Å²) in [6, 6.07) is 1.92. The molecule has 1 aliphatic rings. The number of carbonyl (C=O) groups excluding carboxylic acids is 1. The van der Waals surface area contributed by atoms with Gasteiger partial charge in [-0.2, -0.15) is 0 Å². The molecule has 0 aliphatic carbocycles. The molecule has 1 N–H and O–H groups in total. The molecule has 0 aromatic carbocycles. The molecule has 1 aromatic rings. The fourth-order valence-electron chi connectivity index (χ4n) is 1.40. The predicted molar refractivity (Wildman–Crippen MR) is 56.8 cm³/mol. The molecule has 4 heteroatoms. The first-order chi connectivity index (χ1) is 6.59. The van der Waals surface area contributed by atoms with Crippen LogP contribution in [0.25, 0.3) is 0 Å². The maximum atomic E-state index is 11.2. The number of aromatic nitrogens is 1. The Kier molecular flexibility index (Phi) is 1.99. The molecule has 0 bridgehead atoms. The summed E-state index contributed by atoms with van der Waals surface area (Å²) >= 11 is 0. The van der Waals surface area contributed by atoms with E-state index in [2.05, 4.69) is 24.1 Å². The van der Waals surface area contributed by atoms with Crippen molar-refractivity contribution in [3.63, 3.8) is 0 Å². The summed E-state index contributed by atoms with van der Waals surface area (Å²) < 4.78 is 0. The van der Waals surface area contributed by atoms with Crippen molar-refractivity contribution in [3.05, 3.63) is 23.5 Å². The van der Waals surface area contributed by atoms with Crippen LogP contribution >= 0.6 is 0 Å². The number of fused-ring (bicyclic) bond motifs is 1. The normalized spacial score (nSPS) is 14.4. The molecule has 14 heavy (non-hydrogen) atoms. The summed E-state index contributed by atoms with van der Waals surface area (Å²) in [6.45, 7) is 4.15. The van der Waals surface area contributed by atoms with Gasteiger partial charge >= 0.3 is 82.9 Å². The van der Waals surface area contributed by atoms with E-state index < -0.39 is 0 Å². The van der Waals surface area contributed by atoms with Gasteiger partial charge in [0.1, 0.15) is 0 Å². The third-order valence-electron chi connectivity index (χ3n) is 2.32. The Balaban J connectivity index is 2.49. The molecule has 3 nitrogen and oxygen atoms in total. The van der Waals surface area contributed by atoms with Gasteiger partial charge in [0.25, 0.3) is 0 Å². The van der Waals surface area contributed by atoms with Crippen molar-refractivity contribution in [2.24, 2.45) is 0 Å². The van der Waals surface area contributed by atoms with E-state index in [1.165, 1.54) is 0 Å². The summed E-state index contributed by atoms with van der Waals surface area (Å²) in [4.78, 5) is 15.4. The number of hydrogen-bond donors (Lipinski definition) is 1. The molecule has 0 atom stereocenters. The number of anilines is 1. The van der Waals surface area contributed by atoms with Crippen molar-refractivity contribution in [3.8, 4) is 0 Å². The van der Waals surface area contributed by atoms with Crippen molar-refractivity contribution in [2.45, 2.75) is 19.8 Å². The van der Waals surface area contributed by atoms with E-state index in [0.717, 1.165) is 11.3 Å². The molecular weight excluding hydrogens is 175 g/mol. The van der Waals surface area contributed by atoms with Crippen LogP contribution in [-0.2, 0) is 4.79 Å². The van der Waals surface area contributed by atoms with Gasteiger partial charge in [0, 0.05) is 0 Å². The fraction of sp³-hybridized carbons (Fsp3) is 0.300. The number of rotatable bonds is 1. The van der Waals surface area contributed by atoms with E-state index in [9.17, 15) is 4.79 Å². The van der Waals surface area contributed by atoms with Crippen LogP contribution in [0, 0.1) is 0 Å². The third-order valence-corrected chi connectivity index (χ3v) is 2.32. The molecule has 0 spiro atoms. The Bertz CT molecular complexity index is 426. The van der Waals surface area contributed by atoms with Gasteiger partial charge in [0.2, 0.25) is 0 Å². The van der Waals surface area contributed by atoms with Crippen molar-refractivity contribution < 1.29 is 4.79 Å². The second-order valence-electron chi connectivity index (χ2n) is 3.69. The van der Waals surface area contributed by atoms with Crippen LogP contribution in [0.4, 0.5) is 5.69 Å². The van der Waals surface area contributed by atoms with Gasteiger partial charge in [-0.1, -0.05) is 0 Å². The summed E-state index contributed by atoms with van der Waals surface area (Å²) in [5.74, 6) is 0.139. The van der Waals surface area contributed by atoms with Gasteiger partial charge in [-0.05, 0) is 0 Å². The molecule has 0 fully saturated rings. The zero-order valence-electron chi connectivity index (χ0n) is 8.16. The van der Waals surface area contributed by atoms with Gasteiger partial charge < -0.3 is 0 Å². The first-order valence-electron chi connectivity index (χ1n) is 4.53. The maximum absolute atomic E-state index is 11.2. The number of nitrogens with zero attached hydrogens (tertiary/aromatic N) is 1. The first kappa shape index (κ1) is 9.12.